The van der Waals surface area contributed by atoms with Gasteiger partial charge in [0.25, 0.3) is 0 Å². The largest absolute Gasteiger partial charge is 0.490 e. The molecule has 0 unspecified atom stereocenters. The Bertz CT molecular complexity index is 438. The summed E-state index contributed by atoms with van der Waals surface area (Å²) >= 11 is 3.40. The number of carbonyl (C=O) groups excluding carboxylic acids is 1. The van der Waals surface area contributed by atoms with Gasteiger partial charge in [0.15, 0.2) is 11.5 Å². The average molecular weight is 331 g/mol. The number of benzene rings is 1. The highest BCUT2D eigenvalue weighted by atomic mass is 79.9. The van der Waals surface area contributed by atoms with Crippen molar-refractivity contribution in [1.29, 1.82) is 0 Å². The van der Waals surface area contributed by atoms with Crippen molar-refractivity contribution >= 4 is 27.5 Å². The van der Waals surface area contributed by atoms with Crippen LogP contribution in [0, 0.1) is 0 Å². The Morgan fingerprint density at radius 1 is 1.26 bits per heavy atom. The van der Waals surface area contributed by atoms with Crippen LogP contribution in [0.4, 0.5) is 5.69 Å². The lowest BCUT2D eigenvalue weighted by Crippen LogP contribution is -2.16. The van der Waals surface area contributed by atoms with E-state index in [9.17, 15) is 4.79 Å². The molecule has 19 heavy (non-hydrogen) atoms. The molecule has 0 radical (unpaired) electrons. The van der Waals surface area contributed by atoms with Crippen LogP contribution in [0.5, 0.6) is 11.5 Å². The number of hydrogen-bond acceptors (Lipinski definition) is 4. The predicted octanol–water partition coefficient (Wildman–Crippen LogP) is 2.53. The Morgan fingerprint density at radius 2 is 1.84 bits per heavy atom. The molecule has 106 valence electrons. The van der Waals surface area contributed by atoms with E-state index in [2.05, 4.69) is 21.2 Å². The maximum absolute atomic E-state index is 11.6. The molecule has 0 aliphatic rings. The molecule has 1 rings (SSSR count). The summed E-state index contributed by atoms with van der Waals surface area (Å²) in [5, 5.41) is 2.78. The fourth-order valence-electron chi connectivity index (χ4n) is 1.51. The second kappa shape index (κ2) is 8.01. The van der Waals surface area contributed by atoms with Crippen LogP contribution >= 0.6 is 15.9 Å². The van der Waals surface area contributed by atoms with E-state index in [1.54, 1.807) is 12.1 Å². The smallest absolute Gasteiger partial charge is 0.225 e. The van der Waals surface area contributed by atoms with Crippen molar-refractivity contribution in [2.24, 2.45) is 5.73 Å². The zero-order valence-electron chi connectivity index (χ0n) is 11.2. The van der Waals surface area contributed by atoms with Crippen LogP contribution in [-0.2, 0) is 4.79 Å². The molecule has 0 aliphatic carbocycles. The first-order chi connectivity index (χ1) is 9.12. The molecular formula is C13H19BrN2O3. The number of amides is 1. The van der Waals surface area contributed by atoms with Crippen LogP contribution in [0.15, 0.2) is 16.6 Å². The molecule has 1 aromatic rings. The number of hydrogen-bond donors (Lipinski definition) is 2. The SMILES string of the molecule is CCOc1cc(Br)c(NC(=O)CCN)cc1OCC. The summed E-state index contributed by atoms with van der Waals surface area (Å²) < 4.78 is 11.7. The van der Waals surface area contributed by atoms with Gasteiger partial charge in [0, 0.05) is 29.6 Å². The van der Waals surface area contributed by atoms with Crippen molar-refractivity contribution in [2.45, 2.75) is 20.3 Å². The molecule has 0 atom stereocenters. The van der Waals surface area contributed by atoms with Crippen molar-refractivity contribution in [1.82, 2.24) is 0 Å². The van der Waals surface area contributed by atoms with Crippen molar-refractivity contribution in [3.05, 3.63) is 16.6 Å². The van der Waals surface area contributed by atoms with Crippen LogP contribution in [0.2, 0.25) is 0 Å². The lowest BCUT2D eigenvalue weighted by molar-refractivity contribution is -0.116. The van der Waals surface area contributed by atoms with Gasteiger partial charge in [0.1, 0.15) is 0 Å². The van der Waals surface area contributed by atoms with Crippen LogP contribution in [-0.4, -0.2) is 25.7 Å². The van der Waals surface area contributed by atoms with Gasteiger partial charge in [-0.05, 0) is 29.8 Å². The Morgan fingerprint density at radius 3 is 2.37 bits per heavy atom. The van der Waals surface area contributed by atoms with E-state index >= 15 is 0 Å². The van der Waals surface area contributed by atoms with Gasteiger partial charge >= 0.3 is 0 Å². The molecule has 3 N–H and O–H groups in total. The molecule has 1 amide bonds. The maximum Gasteiger partial charge on any atom is 0.225 e. The van der Waals surface area contributed by atoms with E-state index in [0.717, 1.165) is 4.47 Å². The minimum atomic E-state index is -0.130. The van der Waals surface area contributed by atoms with Crippen LogP contribution in [0.25, 0.3) is 0 Å². The van der Waals surface area contributed by atoms with Crippen LogP contribution in [0.3, 0.4) is 0 Å². The molecule has 0 saturated heterocycles. The fourth-order valence-corrected chi connectivity index (χ4v) is 1.93. The lowest BCUT2D eigenvalue weighted by Gasteiger charge is -2.14. The second-order valence-corrected chi connectivity index (χ2v) is 4.59. The third-order valence-electron chi connectivity index (χ3n) is 2.28. The number of anilines is 1. The van der Waals surface area contributed by atoms with E-state index in [0.29, 0.717) is 36.9 Å². The molecule has 0 saturated carbocycles. The van der Waals surface area contributed by atoms with E-state index in [1.165, 1.54) is 0 Å². The highest BCUT2D eigenvalue weighted by Crippen LogP contribution is 2.36. The quantitative estimate of drug-likeness (QED) is 0.805. The lowest BCUT2D eigenvalue weighted by atomic mass is 10.2. The monoisotopic (exact) mass is 330 g/mol. The van der Waals surface area contributed by atoms with Gasteiger partial charge in [0.05, 0.1) is 18.9 Å². The van der Waals surface area contributed by atoms with Crippen molar-refractivity contribution in [3.8, 4) is 11.5 Å². The third-order valence-corrected chi connectivity index (χ3v) is 2.93. The Balaban J connectivity index is 2.98. The van der Waals surface area contributed by atoms with Gasteiger partial charge in [-0.1, -0.05) is 0 Å². The molecule has 0 bridgehead atoms. The summed E-state index contributed by atoms with van der Waals surface area (Å²) in [4.78, 5) is 11.6. The van der Waals surface area contributed by atoms with Gasteiger partial charge in [-0.15, -0.1) is 0 Å². The maximum atomic E-state index is 11.6. The summed E-state index contributed by atoms with van der Waals surface area (Å²) in [6.07, 6.45) is 0.281. The topological polar surface area (TPSA) is 73.6 Å². The molecule has 6 heteroatoms. The molecule has 0 aromatic heterocycles. The van der Waals surface area contributed by atoms with Gasteiger partial charge in [-0.25, -0.2) is 0 Å². The standard InChI is InChI=1S/C13H19BrN2O3/c1-3-18-11-7-9(14)10(8-12(11)19-4-2)16-13(17)5-6-15/h7-8H,3-6,15H2,1-2H3,(H,16,17). The van der Waals surface area contributed by atoms with E-state index in [4.69, 9.17) is 15.2 Å². The summed E-state index contributed by atoms with van der Waals surface area (Å²) in [6, 6.07) is 3.53. The first-order valence-corrected chi connectivity index (χ1v) is 7.00. The fraction of sp³-hybridized carbons (Fsp3) is 0.462. The van der Waals surface area contributed by atoms with Crippen molar-refractivity contribution < 1.29 is 14.3 Å². The highest BCUT2D eigenvalue weighted by molar-refractivity contribution is 9.10. The van der Waals surface area contributed by atoms with Crippen LogP contribution < -0.4 is 20.5 Å². The molecule has 0 heterocycles. The summed E-state index contributed by atoms with van der Waals surface area (Å²) in [5.74, 6) is 1.12. The molecular weight excluding hydrogens is 312 g/mol. The minimum absolute atomic E-state index is 0.130. The van der Waals surface area contributed by atoms with Gasteiger partial charge < -0.3 is 20.5 Å². The zero-order valence-corrected chi connectivity index (χ0v) is 12.7. The van der Waals surface area contributed by atoms with E-state index in [-0.39, 0.29) is 12.3 Å². The molecule has 0 fully saturated rings. The summed E-state index contributed by atoms with van der Waals surface area (Å²) in [6.45, 7) is 5.19. The van der Waals surface area contributed by atoms with Gasteiger partial charge in [-0.3, -0.25) is 4.79 Å². The molecule has 1 aromatic carbocycles. The molecule has 0 aliphatic heterocycles. The highest BCUT2D eigenvalue weighted by Gasteiger charge is 2.12. The number of carbonyl (C=O) groups is 1. The Hall–Kier alpha value is -1.27. The first kappa shape index (κ1) is 15.8. The van der Waals surface area contributed by atoms with Gasteiger partial charge in [0.2, 0.25) is 5.91 Å². The first-order valence-electron chi connectivity index (χ1n) is 6.21. The Kier molecular flexibility index (Phi) is 6.66. The second-order valence-electron chi connectivity index (χ2n) is 3.73. The Labute approximate surface area is 121 Å². The number of rotatable bonds is 7. The van der Waals surface area contributed by atoms with E-state index < -0.39 is 0 Å². The molecule has 5 nitrogen and oxygen atoms in total. The van der Waals surface area contributed by atoms with Crippen molar-refractivity contribution in [3.63, 3.8) is 0 Å². The summed E-state index contributed by atoms with van der Waals surface area (Å²) in [7, 11) is 0. The van der Waals surface area contributed by atoms with E-state index in [1.807, 2.05) is 13.8 Å². The van der Waals surface area contributed by atoms with Crippen LogP contribution in [0.1, 0.15) is 20.3 Å². The molecule has 0 spiro atoms. The predicted molar refractivity (Wildman–Crippen MR) is 78.8 cm³/mol. The van der Waals surface area contributed by atoms with Crippen molar-refractivity contribution in [2.75, 3.05) is 25.1 Å². The number of halogens is 1. The number of ether oxygens (including phenoxy) is 2. The van der Waals surface area contributed by atoms with Gasteiger partial charge in [-0.2, -0.15) is 0 Å². The third kappa shape index (κ3) is 4.72. The number of nitrogens with one attached hydrogen (secondary N) is 1. The average Bonchev–Trinajstić information content (AvgIpc) is 2.35. The summed E-state index contributed by atoms with van der Waals surface area (Å²) in [5.41, 5.74) is 5.99. The number of nitrogens with two attached hydrogens (primary N) is 1. The zero-order chi connectivity index (χ0) is 14.3. The minimum Gasteiger partial charge on any atom is -0.490 e. The normalized spacial score (nSPS) is 10.1.